The van der Waals surface area contributed by atoms with Crippen molar-refractivity contribution in [3.63, 3.8) is 0 Å². The lowest BCUT2D eigenvalue weighted by Gasteiger charge is -2.34. The maximum absolute atomic E-state index is 5.87. The molecular formula is C10H24O3Si. The molecular weight excluding hydrogens is 196 g/mol. The van der Waals surface area contributed by atoms with E-state index in [0.717, 1.165) is 12.8 Å². The van der Waals surface area contributed by atoms with Crippen LogP contribution in [0, 0.1) is 0 Å². The molecule has 0 aliphatic carbocycles. The van der Waals surface area contributed by atoms with Gasteiger partial charge in [-0.1, -0.05) is 13.8 Å². The molecule has 0 aliphatic heterocycles. The van der Waals surface area contributed by atoms with Crippen LogP contribution in [0.25, 0.3) is 0 Å². The molecule has 0 N–H and O–H groups in total. The second-order valence-corrected chi connectivity index (χ2v) is 6.77. The summed E-state index contributed by atoms with van der Waals surface area (Å²) in [6.45, 7) is 8.33. The van der Waals surface area contributed by atoms with E-state index in [1.54, 1.807) is 14.2 Å². The minimum absolute atomic E-state index is 0.155. The van der Waals surface area contributed by atoms with E-state index in [0.29, 0.717) is 5.54 Å². The van der Waals surface area contributed by atoms with E-state index in [9.17, 15) is 0 Å². The van der Waals surface area contributed by atoms with Gasteiger partial charge in [0.15, 0.2) is 0 Å². The predicted octanol–water partition coefficient (Wildman–Crippen LogP) is 2.83. The molecule has 0 atom stereocenters. The quantitative estimate of drug-likeness (QED) is 0.617. The van der Waals surface area contributed by atoms with Crippen molar-refractivity contribution >= 4 is 8.80 Å². The van der Waals surface area contributed by atoms with Crippen LogP contribution in [0.15, 0.2) is 0 Å². The fraction of sp³-hybridized carbons (Fsp3) is 1.00. The highest BCUT2D eigenvalue weighted by Crippen LogP contribution is 2.31. The van der Waals surface area contributed by atoms with E-state index in [2.05, 4.69) is 13.8 Å². The van der Waals surface area contributed by atoms with Crippen LogP contribution in [0.2, 0.25) is 5.54 Å². The first-order valence-electron chi connectivity index (χ1n) is 5.34. The summed E-state index contributed by atoms with van der Waals surface area (Å²) in [6.07, 6.45) is 2.23. The van der Waals surface area contributed by atoms with Crippen LogP contribution in [0.4, 0.5) is 0 Å². The molecule has 4 heteroatoms. The van der Waals surface area contributed by atoms with Gasteiger partial charge in [-0.25, -0.2) is 0 Å². The van der Waals surface area contributed by atoms with E-state index in [4.69, 9.17) is 13.3 Å². The van der Waals surface area contributed by atoms with E-state index in [1.807, 2.05) is 13.8 Å². The fourth-order valence-electron chi connectivity index (χ4n) is 1.73. The van der Waals surface area contributed by atoms with Gasteiger partial charge in [-0.05, 0) is 26.7 Å². The lowest BCUT2D eigenvalue weighted by atomic mass is 10.3. The van der Waals surface area contributed by atoms with Gasteiger partial charge in [-0.15, -0.1) is 0 Å². The predicted molar refractivity (Wildman–Crippen MR) is 60.3 cm³/mol. The Labute approximate surface area is 89.1 Å². The summed E-state index contributed by atoms with van der Waals surface area (Å²) in [5, 5.41) is 0. The smallest absolute Gasteiger partial charge is 0.377 e. The molecule has 0 bridgehead atoms. The first-order valence-corrected chi connectivity index (χ1v) is 7.14. The Morgan fingerprint density at radius 3 is 1.64 bits per heavy atom. The van der Waals surface area contributed by atoms with Crippen molar-refractivity contribution in [3.8, 4) is 0 Å². The van der Waals surface area contributed by atoms with Gasteiger partial charge in [-0.2, -0.15) is 0 Å². The molecule has 0 unspecified atom stereocenters. The Balaban J connectivity index is 4.65. The monoisotopic (exact) mass is 220 g/mol. The van der Waals surface area contributed by atoms with E-state index in [1.165, 1.54) is 0 Å². The third-order valence-electron chi connectivity index (χ3n) is 2.45. The van der Waals surface area contributed by atoms with Crippen molar-refractivity contribution in [2.45, 2.75) is 52.2 Å². The van der Waals surface area contributed by atoms with Gasteiger partial charge >= 0.3 is 8.80 Å². The SMILES string of the molecule is CCC(CC)[Si](OC)(OC)OC(C)C. The first kappa shape index (κ1) is 14.1. The number of hydrogen-bond donors (Lipinski definition) is 0. The van der Waals surface area contributed by atoms with E-state index in [-0.39, 0.29) is 6.10 Å². The van der Waals surface area contributed by atoms with Crippen molar-refractivity contribution in [1.29, 1.82) is 0 Å². The lowest BCUT2D eigenvalue weighted by Crippen LogP contribution is -2.49. The Bertz CT molecular complexity index is 142. The zero-order chi connectivity index (χ0) is 11.2. The molecule has 0 aliphatic rings. The summed E-state index contributed by atoms with van der Waals surface area (Å²) >= 11 is 0. The van der Waals surface area contributed by atoms with E-state index < -0.39 is 8.80 Å². The van der Waals surface area contributed by atoms with Gasteiger partial charge in [0.1, 0.15) is 0 Å². The van der Waals surface area contributed by atoms with Crippen LogP contribution in [0.3, 0.4) is 0 Å². The second-order valence-electron chi connectivity index (χ2n) is 3.69. The lowest BCUT2D eigenvalue weighted by molar-refractivity contribution is 0.0589. The molecule has 0 radical (unpaired) electrons. The highest BCUT2D eigenvalue weighted by Gasteiger charge is 2.46. The summed E-state index contributed by atoms with van der Waals surface area (Å²) in [5.74, 6) is 0. The largest absolute Gasteiger partial charge is 0.503 e. The number of hydrogen-bond acceptors (Lipinski definition) is 3. The zero-order valence-electron chi connectivity index (χ0n) is 10.3. The highest BCUT2D eigenvalue weighted by molar-refractivity contribution is 6.62. The summed E-state index contributed by atoms with van der Waals surface area (Å²) < 4.78 is 16.9. The molecule has 0 amide bonds. The minimum Gasteiger partial charge on any atom is -0.377 e. The third-order valence-corrected chi connectivity index (χ3v) is 6.21. The molecule has 0 saturated carbocycles. The van der Waals surface area contributed by atoms with Crippen LogP contribution in [-0.2, 0) is 13.3 Å². The number of rotatable bonds is 7. The molecule has 0 rings (SSSR count). The van der Waals surface area contributed by atoms with Crippen molar-refractivity contribution in [3.05, 3.63) is 0 Å². The maximum Gasteiger partial charge on any atom is 0.503 e. The van der Waals surface area contributed by atoms with Crippen LogP contribution < -0.4 is 0 Å². The van der Waals surface area contributed by atoms with E-state index >= 15 is 0 Å². The molecule has 3 nitrogen and oxygen atoms in total. The Morgan fingerprint density at radius 1 is 1.00 bits per heavy atom. The molecule has 0 aromatic carbocycles. The Kier molecular flexibility index (Phi) is 6.60. The van der Waals surface area contributed by atoms with Gasteiger partial charge < -0.3 is 13.3 Å². The Hall–Kier alpha value is 0.0969. The van der Waals surface area contributed by atoms with Crippen molar-refractivity contribution in [1.82, 2.24) is 0 Å². The minimum atomic E-state index is -2.44. The topological polar surface area (TPSA) is 27.7 Å². The summed E-state index contributed by atoms with van der Waals surface area (Å²) in [5.41, 5.74) is 0.403. The fourth-order valence-corrected chi connectivity index (χ4v) is 4.60. The summed E-state index contributed by atoms with van der Waals surface area (Å²) in [7, 11) is 0.946. The Morgan fingerprint density at radius 2 is 1.43 bits per heavy atom. The highest BCUT2D eigenvalue weighted by atomic mass is 28.4. The van der Waals surface area contributed by atoms with Crippen LogP contribution in [-0.4, -0.2) is 29.1 Å². The standard InChI is InChI=1S/C10H24O3Si/c1-7-10(8-2)14(11-5,12-6)13-9(3)4/h9-10H,7-8H2,1-6H3. The van der Waals surface area contributed by atoms with Crippen LogP contribution >= 0.6 is 0 Å². The second kappa shape index (κ2) is 6.56. The molecule has 86 valence electrons. The van der Waals surface area contributed by atoms with Gasteiger partial charge in [0.2, 0.25) is 0 Å². The molecule has 0 aromatic heterocycles. The van der Waals surface area contributed by atoms with Gasteiger partial charge in [0.25, 0.3) is 0 Å². The molecule has 0 heterocycles. The average Bonchev–Trinajstić information content (AvgIpc) is 2.17. The average molecular weight is 220 g/mol. The van der Waals surface area contributed by atoms with Crippen LogP contribution in [0.1, 0.15) is 40.5 Å². The normalized spacial score (nSPS) is 12.9. The zero-order valence-corrected chi connectivity index (χ0v) is 11.3. The molecule has 0 aromatic rings. The molecule has 0 saturated heterocycles. The molecule has 0 fully saturated rings. The molecule has 14 heavy (non-hydrogen) atoms. The van der Waals surface area contributed by atoms with Gasteiger partial charge in [0, 0.05) is 25.9 Å². The van der Waals surface area contributed by atoms with Crippen molar-refractivity contribution in [2.24, 2.45) is 0 Å². The third kappa shape index (κ3) is 3.35. The summed E-state index contributed by atoms with van der Waals surface area (Å²) in [4.78, 5) is 0. The summed E-state index contributed by atoms with van der Waals surface area (Å²) in [6, 6.07) is 0. The molecule has 0 spiro atoms. The first-order chi connectivity index (χ1) is 6.56. The van der Waals surface area contributed by atoms with Gasteiger partial charge in [0.05, 0.1) is 0 Å². The van der Waals surface area contributed by atoms with Crippen molar-refractivity contribution < 1.29 is 13.3 Å². The van der Waals surface area contributed by atoms with Gasteiger partial charge in [-0.3, -0.25) is 0 Å². The maximum atomic E-state index is 5.87. The van der Waals surface area contributed by atoms with Crippen LogP contribution in [0.5, 0.6) is 0 Å². The van der Waals surface area contributed by atoms with Crippen molar-refractivity contribution in [2.75, 3.05) is 14.2 Å².